The predicted octanol–water partition coefficient (Wildman–Crippen LogP) is 3.68. The maximum atomic E-state index is 13.6. The van der Waals surface area contributed by atoms with Gasteiger partial charge in [0, 0.05) is 18.8 Å². The number of benzene rings is 1. The lowest BCUT2D eigenvalue weighted by molar-refractivity contribution is 0.512. The van der Waals surface area contributed by atoms with E-state index < -0.39 is 0 Å². The Kier molecular flexibility index (Phi) is 3.71. The molecule has 0 amide bonds. The second-order valence-corrected chi connectivity index (χ2v) is 5.66. The molecule has 5 heteroatoms. The third-order valence-corrected chi connectivity index (χ3v) is 4.13. The highest BCUT2D eigenvalue weighted by molar-refractivity contribution is 7.18. The number of aromatic nitrogens is 2. The summed E-state index contributed by atoms with van der Waals surface area (Å²) in [5, 5.41) is 4.26. The van der Waals surface area contributed by atoms with E-state index in [0.717, 1.165) is 10.5 Å². The Morgan fingerprint density at radius 3 is 2.90 bits per heavy atom. The molecule has 1 atom stereocenters. The monoisotopic (exact) mass is 287 g/mol. The van der Waals surface area contributed by atoms with Gasteiger partial charge in [-0.3, -0.25) is 4.98 Å². The molecular weight excluding hydrogens is 273 g/mol. The number of halogens is 1. The fraction of sp³-hybridized carbons (Fsp3) is 0.200. The number of hydrogen-bond donors (Lipinski definition) is 1. The highest BCUT2D eigenvalue weighted by Crippen LogP contribution is 2.22. The summed E-state index contributed by atoms with van der Waals surface area (Å²) in [7, 11) is 0. The van der Waals surface area contributed by atoms with Gasteiger partial charge in [0.05, 0.1) is 15.9 Å². The van der Waals surface area contributed by atoms with Gasteiger partial charge in [-0.15, -0.1) is 11.3 Å². The molecule has 1 unspecified atom stereocenters. The fourth-order valence-electron chi connectivity index (χ4n) is 2.05. The lowest BCUT2D eigenvalue weighted by Crippen LogP contribution is -2.20. The molecule has 3 nitrogen and oxygen atoms in total. The van der Waals surface area contributed by atoms with Gasteiger partial charge in [0.1, 0.15) is 10.8 Å². The zero-order chi connectivity index (χ0) is 13.9. The summed E-state index contributed by atoms with van der Waals surface area (Å²) >= 11 is 1.65. The Hall–Kier alpha value is -1.85. The first kappa shape index (κ1) is 13.1. The van der Waals surface area contributed by atoms with E-state index in [1.165, 1.54) is 10.8 Å². The van der Waals surface area contributed by atoms with Gasteiger partial charge < -0.3 is 5.32 Å². The highest BCUT2D eigenvalue weighted by atomic mass is 32.1. The summed E-state index contributed by atoms with van der Waals surface area (Å²) in [5.41, 5.74) is 1.44. The summed E-state index contributed by atoms with van der Waals surface area (Å²) < 4.78 is 14.8. The average Bonchev–Trinajstić information content (AvgIpc) is 2.88. The van der Waals surface area contributed by atoms with Crippen LogP contribution in [0.15, 0.2) is 42.6 Å². The largest absolute Gasteiger partial charge is 0.302 e. The van der Waals surface area contributed by atoms with E-state index in [2.05, 4.69) is 21.4 Å². The van der Waals surface area contributed by atoms with E-state index >= 15 is 0 Å². The molecule has 0 aliphatic heterocycles. The van der Waals surface area contributed by atoms with Crippen LogP contribution in [-0.4, -0.2) is 9.97 Å². The molecule has 0 spiro atoms. The maximum Gasteiger partial charge on any atom is 0.146 e. The minimum Gasteiger partial charge on any atom is -0.302 e. The van der Waals surface area contributed by atoms with Crippen LogP contribution in [-0.2, 0) is 6.54 Å². The molecule has 20 heavy (non-hydrogen) atoms. The average molecular weight is 287 g/mol. The van der Waals surface area contributed by atoms with E-state index in [9.17, 15) is 4.39 Å². The Morgan fingerprint density at radius 1 is 1.25 bits per heavy atom. The molecule has 0 radical (unpaired) electrons. The Morgan fingerprint density at radius 2 is 2.10 bits per heavy atom. The van der Waals surface area contributed by atoms with E-state index in [1.54, 1.807) is 23.6 Å². The molecule has 0 saturated carbocycles. The van der Waals surface area contributed by atoms with Gasteiger partial charge >= 0.3 is 0 Å². The number of nitrogens with zero attached hydrogens (tertiary/aromatic N) is 2. The van der Waals surface area contributed by atoms with Gasteiger partial charge in [0.25, 0.3) is 0 Å². The second-order valence-electron chi connectivity index (χ2n) is 4.55. The van der Waals surface area contributed by atoms with Crippen LogP contribution in [0.3, 0.4) is 0 Å². The molecule has 0 aliphatic rings. The van der Waals surface area contributed by atoms with Gasteiger partial charge in [-0.2, -0.15) is 0 Å². The first-order valence-electron chi connectivity index (χ1n) is 6.42. The number of thiazole rings is 1. The molecule has 102 valence electrons. The SMILES string of the molecule is CC(NCc1nc2ccccc2s1)c1ncccc1F. The third kappa shape index (κ3) is 2.69. The van der Waals surface area contributed by atoms with Crippen molar-refractivity contribution in [2.24, 2.45) is 0 Å². The minimum atomic E-state index is -0.281. The lowest BCUT2D eigenvalue weighted by Gasteiger charge is -2.12. The van der Waals surface area contributed by atoms with Crippen LogP contribution >= 0.6 is 11.3 Å². The fourth-order valence-corrected chi connectivity index (χ4v) is 2.97. The second kappa shape index (κ2) is 5.64. The minimum absolute atomic E-state index is 0.150. The predicted molar refractivity (Wildman–Crippen MR) is 79.1 cm³/mol. The Labute approximate surface area is 120 Å². The van der Waals surface area contributed by atoms with Gasteiger partial charge in [0.15, 0.2) is 0 Å². The summed E-state index contributed by atoms with van der Waals surface area (Å²) in [4.78, 5) is 8.62. The molecule has 0 bridgehead atoms. The van der Waals surface area contributed by atoms with Crippen molar-refractivity contribution in [1.29, 1.82) is 0 Å². The Balaban J connectivity index is 1.71. The van der Waals surface area contributed by atoms with E-state index in [0.29, 0.717) is 12.2 Å². The normalized spacial score (nSPS) is 12.7. The topological polar surface area (TPSA) is 37.8 Å². The van der Waals surface area contributed by atoms with Crippen molar-refractivity contribution >= 4 is 21.6 Å². The quantitative estimate of drug-likeness (QED) is 0.795. The van der Waals surface area contributed by atoms with Crippen molar-refractivity contribution < 1.29 is 4.39 Å². The van der Waals surface area contributed by atoms with Crippen LogP contribution in [0, 0.1) is 5.82 Å². The van der Waals surface area contributed by atoms with Crippen LogP contribution in [0.2, 0.25) is 0 Å². The summed E-state index contributed by atoms with van der Waals surface area (Å²) in [6.45, 7) is 2.51. The van der Waals surface area contributed by atoms with Crippen molar-refractivity contribution in [2.45, 2.75) is 19.5 Å². The van der Waals surface area contributed by atoms with Gasteiger partial charge in [-0.05, 0) is 31.2 Å². The van der Waals surface area contributed by atoms with Crippen molar-refractivity contribution in [2.75, 3.05) is 0 Å². The molecular formula is C15H14FN3S. The summed E-state index contributed by atoms with van der Waals surface area (Å²) in [5.74, 6) is -0.281. The van der Waals surface area contributed by atoms with E-state index in [4.69, 9.17) is 0 Å². The lowest BCUT2D eigenvalue weighted by atomic mass is 10.2. The van der Waals surface area contributed by atoms with Crippen molar-refractivity contribution in [3.8, 4) is 0 Å². The number of nitrogens with one attached hydrogen (secondary N) is 1. The molecule has 1 aromatic carbocycles. The molecule has 0 saturated heterocycles. The Bertz CT molecular complexity index is 693. The van der Waals surface area contributed by atoms with E-state index in [1.807, 2.05) is 25.1 Å². The number of hydrogen-bond acceptors (Lipinski definition) is 4. The third-order valence-electron chi connectivity index (χ3n) is 3.09. The van der Waals surface area contributed by atoms with Crippen LogP contribution in [0.1, 0.15) is 23.7 Å². The first-order chi connectivity index (χ1) is 9.74. The number of pyridine rings is 1. The molecule has 2 aromatic heterocycles. The zero-order valence-corrected chi connectivity index (χ0v) is 11.8. The van der Waals surface area contributed by atoms with Crippen LogP contribution in [0.25, 0.3) is 10.2 Å². The van der Waals surface area contributed by atoms with Gasteiger partial charge in [-0.25, -0.2) is 9.37 Å². The van der Waals surface area contributed by atoms with Crippen molar-refractivity contribution in [1.82, 2.24) is 15.3 Å². The van der Waals surface area contributed by atoms with Crippen LogP contribution in [0.5, 0.6) is 0 Å². The molecule has 0 fully saturated rings. The van der Waals surface area contributed by atoms with Crippen LogP contribution in [0.4, 0.5) is 4.39 Å². The smallest absolute Gasteiger partial charge is 0.146 e. The molecule has 0 aliphatic carbocycles. The molecule has 3 aromatic rings. The van der Waals surface area contributed by atoms with Gasteiger partial charge in [-0.1, -0.05) is 12.1 Å². The number of fused-ring (bicyclic) bond motifs is 1. The standard InChI is InChI=1S/C15H14FN3S/c1-10(15-11(16)5-4-8-17-15)18-9-14-19-12-6-2-3-7-13(12)20-14/h2-8,10,18H,9H2,1H3. The van der Waals surface area contributed by atoms with Crippen molar-refractivity contribution in [3.63, 3.8) is 0 Å². The van der Waals surface area contributed by atoms with Gasteiger partial charge in [0.2, 0.25) is 0 Å². The molecule has 3 rings (SSSR count). The maximum absolute atomic E-state index is 13.6. The first-order valence-corrected chi connectivity index (χ1v) is 7.24. The highest BCUT2D eigenvalue weighted by Gasteiger charge is 2.12. The van der Waals surface area contributed by atoms with Crippen molar-refractivity contribution in [3.05, 3.63) is 59.1 Å². The summed E-state index contributed by atoms with van der Waals surface area (Å²) in [6.07, 6.45) is 1.61. The van der Waals surface area contributed by atoms with E-state index in [-0.39, 0.29) is 11.9 Å². The number of rotatable bonds is 4. The number of para-hydroxylation sites is 1. The summed E-state index contributed by atoms with van der Waals surface area (Å²) in [6, 6.07) is 10.9. The zero-order valence-electron chi connectivity index (χ0n) is 11.0. The molecule has 2 heterocycles. The molecule has 1 N–H and O–H groups in total. The van der Waals surface area contributed by atoms with Crippen LogP contribution < -0.4 is 5.32 Å².